The first-order valence-electron chi connectivity index (χ1n) is 7.02. The number of aliphatic carboxylic acids is 2. The minimum Gasteiger partial charge on any atom is -0.481 e. The SMILES string of the molecule is O=C(O)C[C@H](NS(=O)(=O)c1ccc(-c2ccc(Cl)cc2)cc1)C(=O)O. The molecular weight excluding hydrogens is 370 g/mol. The molecule has 1 atom stereocenters. The number of benzene rings is 2. The van der Waals surface area contributed by atoms with Crippen LogP contribution in [0.2, 0.25) is 5.02 Å². The van der Waals surface area contributed by atoms with Gasteiger partial charge in [-0.05, 0) is 35.4 Å². The molecule has 9 heteroatoms. The maximum atomic E-state index is 12.2. The maximum Gasteiger partial charge on any atom is 0.322 e. The molecule has 132 valence electrons. The topological polar surface area (TPSA) is 121 Å². The Morgan fingerprint density at radius 1 is 0.960 bits per heavy atom. The Morgan fingerprint density at radius 3 is 1.88 bits per heavy atom. The second kappa shape index (κ2) is 7.64. The van der Waals surface area contributed by atoms with Crippen LogP contribution in [-0.4, -0.2) is 36.6 Å². The van der Waals surface area contributed by atoms with E-state index in [1.807, 2.05) is 4.72 Å². The van der Waals surface area contributed by atoms with Crippen molar-refractivity contribution in [1.29, 1.82) is 0 Å². The van der Waals surface area contributed by atoms with Gasteiger partial charge in [-0.1, -0.05) is 35.9 Å². The fraction of sp³-hybridized carbons (Fsp3) is 0.125. The molecule has 2 aromatic rings. The second-order valence-corrected chi connectivity index (χ2v) is 7.29. The molecule has 2 rings (SSSR count). The number of sulfonamides is 1. The third kappa shape index (κ3) is 5.02. The Morgan fingerprint density at radius 2 is 1.44 bits per heavy atom. The molecule has 0 saturated heterocycles. The van der Waals surface area contributed by atoms with Crippen LogP contribution in [0.25, 0.3) is 11.1 Å². The number of halogens is 1. The predicted molar refractivity (Wildman–Crippen MR) is 90.9 cm³/mol. The van der Waals surface area contributed by atoms with Crippen LogP contribution < -0.4 is 4.72 Å². The van der Waals surface area contributed by atoms with Gasteiger partial charge in [-0.15, -0.1) is 0 Å². The van der Waals surface area contributed by atoms with Crippen LogP contribution in [0.4, 0.5) is 0 Å². The fourth-order valence-electron chi connectivity index (χ4n) is 2.08. The largest absolute Gasteiger partial charge is 0.481 e. The van der Waals surface area contributed by atoms with E-state index in [1.54, 1.807) is 36.4 Å². The average molecular weight is 384 g/mol. The van der Waals surface area contributed by atoms with Crippen LogP contribution in [0.3, 0.4) is 0 Å². The molecule has 3 N–H and O–H groups in total. The summed E-state index contributed by atoms with van der Waals surface area (Å²) in [6.45, 7) is 0. The van der Waals surface area contributed by atoms with Crippen molar-refractivity contribution in [3.63, 3.8) is 0 Å². The second-order valence-electron chi connectivity index (χ2n) is 5.14. The van der Waals surface area contributed by atoms with Gasteiger partial charge in [0.15, 0.2) is 0 Å². The average Bonchev–Trinajstić information content (AvgIpc) is 2.54. The molecule has 0 unspecified atom stereocenters. The number of hydrogen-bond acceptors (Lipinski definition) is 4. The van der Waals surface area contributed by atoms with Crippen molar-refractivity contribution in [2.75, 3.05) is 0 Å². The van der Waals surface area contributed by atoms with E-state index in [2.05, 4.69) is 0 Å². The highest BCUT2D eigenvalue weighted by molar-refractivity contribution is 7.89. The first-order chi connectivity index (χ1) is 11.7. The molecule has 0 saturated carbocycles. The molecule has 0 aromatic heterocycles. The summed E-state index contributed by atoms with van der Waals surface area (Å²) in [5.41, 5.74) is 1.58. The van der Waals surface area contributed by atoms with E-state index in [0.29, 0.717) is 5.02 Å². The third-order valence-corrected chi connectivity index (χ3v) is 5.06. The standard InChI is InChI=1S/C16H14ClNO6S/c17-12-5-1-10(2-6-12)11-3-7-13(8-4-11)25(23,24)18-14(16(21)22)9-15(19)20/h1-8,14,18H,9H2,(H,19,20)(H,21,22)/t14-/m0/s1. The van der Waals surface area contributed by atoms with E-state index in [9.17, 15) is 18.0 Å². The minimum absolute atomic E-state index is 0.165. The van der Waals surface area contributed by atoms with Crippen LogP contribution in [0.5, 0.6) is 0 Å². The van der Waals surface area contributed by atoms with Gasteiger partial charge in [-0.2, -0.15) is 4.72 Å². The summed E-state index contributed by atoms with van der Waals surface area (Å²) in [7, 11) is -4.17. The summed E-state index contributed by atoms with van der Waals surface area (Å²) in [5, 5.41) is 18.2. The van der Waals surface area contributed by atoms with Gasteiger partial charge in [-0.25, -0.2) is 8.42 Å². The van der Waals surface area contributed by atoms with Crippen molar-refractivity contribution in [2.24, 2.45) is 0 Å². The first-order valence-corrected chi connectivity index (χ1v) is 8.88. The number of carboxylic acid groups (broad SMARTS) is 2. The van der Waals surface area contributed by atoms with Crippen molar-refractivity contribution >= 4 is 33.6 Å². The number of rotatable bonds is 7. The number of hydrogen-bond donors (Lipinski definition) is 3. The Hall–Kier alpha value is -2.42. The first kappa shape index (κ1) is 18.9. The van der Waals surface area contributed by atoms with E-state index in [-0.39, 0.29) is 4.90 Å². The van der Waals surface area contributed by atoms with E-state index < -0.39 is 34.4 Å². The smallest absolute Gasteiger partial charge is 0.322 e. The molecule has 2 aromatic carbocycles. The minimum atomic E-state index is -4.17. The van der Waals surface area contributed by atoms with Gasteiger partial charge in [0.1, 0.15) is 6.04 Å². The van der Waals surface area contributed by atoms with Gasteiger partial charge in [0.05, 0.1) is 11.3 Å². The molecular formula is C16H14ClNO6S. The Kier molecular flexibility index (Phi) is 5.78. The van der Waals surface area contributed by atoms with Crippen molar-refractivity contribution in [1.82, 2.24) is 4.72 Å². The fourth-order valence-corrected chi connectivity index (χ4v) is 3.39. The zero-order valence-corrected chi connectivity index (χ0v) is 14.3. The summed E-state index contributed by atoms with van der Waals surface area (Å²) in [6.07, 6.45) is -0.864. The van der Waals surface area contributed by atoms with Gasteiger partial charge in [-0.3, -0.25) is 9.59 Å². The van der Waals surface area contributed by atoms with E-state index in [0.717, 1.165) is 11.1 Å². The molecule has 0 aliphatic heterocycles. The van der Waals surface area contributed by atoms with Crippen LogP contribution in [0, 0.1) is 0 Å². The van der Waals surface area contributed by atoms with Crippen LogP contribution in [0.1, 0.15) is 6.42 Å². The highest BCUT2D eigenvalue weighted by atomic mass is 35.5. The quantitative estimate of drug-likeness (QED) is 0.674. The molecule has 25 heavy (non-hydrogen) atoms. The van der Waals surface area contributed by atoms with Crippen LogP contribution >= 0.6 is 11.6 Å². The maximum absolute atomic E-state index is 12.2. The third-order valence-electron chi connectivity index (χ3n) is 3.32. The number of nitrogens with one attached hydrogen (secondary N) is 1. The van der Waals surface area contributed by atoms with Gasteiger partial charge in [0.2, 0.25) is 10.0 Å². The Balaban J connectivity index is 2.23. The lowest BCUT2D eigenvalue weighted by Gasteiger charge is -2.13. The summed E-state index contributed by atoms with van der Waals surface area (Å²) in [6, 6.07) is 10.9. The van der Waals surface area contributed by atoms with Gasteiger partial charge in [0, 0.05) is 5.02 Å². The van der Waals surface area contributed by atoms with Gasteiger partial charge < -0.3 is 10.2 Å². The Bertz CT molecular complexity index is 878. The summed E-state index contributed by atoms with van der Waals surface area (Å²) in [5.74, 6) is -2.99. The molecule has 7 nitrogen and oxygen atoms in total. The summed E-state index contributed by atoms with van der Waals surface area (Å²) >= 11 is 5.82. The lowest BCUT2D eigenvalue weighted by molar-refractivity contribution is -0.145. The molecule has 0 aliphatic rings. The van der Waals surface area contributed by atoms with Gasteiger partial charge in [0.25, 0.3) is 0 Å². The molecule has 0 heterocycles. The Labute approximate surface area is 148 Å². The van der Waals surface area contributed by atoms with E-state index in [4.69, 9.17) is 21.8 Å². The monoisotopic (exact) mass is 383 g/mol. The van der Waals surface area contributed by atoms with E-state index in [1.165, 1.54) is 12.1 Å². The highest BCUT2D eigenvalue weighted by Crippen LogP contribution is 2.23. The van der Waals surface area contributed by atoms with Crippen molar-refractivity contribution in [3.8, 4) is 11.1 Å². The van der Waals surface area contributed by atoms with Crippen LogP contribution in [0.15, 0.2) is 53.4 Å². The molecule has 0 fully saturated rings. The van der Waals surface area contributed by atoms with Crippen molar-refractivity contribution < 1.29 is 28.2 Å². The lowest BCUT2D eigenvalue weighted by Crippen LogP contribution is -2.42. The number of carbonyl (C=O) groups is 2. The summed E-state index contributed by atoms with van der Waals surface area (Å²) in [4.78, 5) is 21.5. The number of carboxylic acids is 2. The normalized spacial score (nSPS) is 12.5. The predicted octanol–water partition coefficient (Wildman–Crippen LogP) is 2.21. The summed E-state index contributed by atoms with van der Waals surface area (Å²) < 4.78 is 26.4. The van der Waals surface area contributed by atoms with Crippen LogP contribution in [-0.2, 0) is 19.6 Å². The zero-order valence-electron chi connectivity index (χ0n) is 12.7. The van der Waals surface area contributed by atoms with Crippen molar-refractivity contribution in [3.05, 3.63) is 53.6 Å². The molecule has 0 aliphatic carbocycles. The highest BCUT2D eigenvalue weighted by Gasteiger charge is 2.27. The van der Waals surface area contributed by atoms with E-state index >= 15 is 0 Å². The molecule has 0 bridgehead atoms. The van der Waals surface area contributed by atoms with Gasteiger partial charge >= 0.3 is 11.9 Å². The molecule has 0 radical (unpaired) electrons. The zero-order chi connectivity index (χ0) is 18.6. The lowest BCUT2D eigenvalue weighted by atomic mass is 10.1. The molecule has 0 amide bonds. The van der Waals surface area contributed by atoms with Crippen molar-refractivity contribution in [2.45, 2.75) is 17.4 Å². The molecule has 0 spiro atoms.